The summed E-state index contributed by atoms with van der Waals surface area (Å²) in [6.07, 6.45) is 7.45. The SMILES string of the molecule is CCOC1CCC2CC(c3ccc(-c4ccc(C)cc4F)c(F)c3)CCC2C1. The van der Waals surface area contributed by atoms with Crippen molar-refractivity contribution in [3.8, 4) is 11.1 Å². The zero-order valence-corrected chi connectivity index (χ0v) is 16.9. The van der Waals surface area contributed by atoms with Gasteiger partial charge in [-0.2, -0.15) is 0 Å². The molecule has 0 aliphatic heterocycles. The number of aryl methyl sites for hydroxylation is 1. The molecule has 4 unspecified atom stereocenters. The molecule has 2 aromatic rings. The molecular weight excluding hydrogens is 354 g/mol. The molecule has 0 radical (unpaired) electrons. The van der Waals surface area contributed by atoms with Gasteiger partial charge in [-0.05, 0) is 93.4 Å². The first-order valence-electron chi connectivity index (χ1n) is 10.7. The maximum absolute atomic E-state index is 14.9. The van der Waals surface area contributed by atoms with E-state index in [2.05, 4.69) is 6.92 Å². The third kappa shape index (κ3) is 4.00. The Bertz CT molecular complexity index is 831. The number of benzene rings is 2. The zero-order valence-electron chi connectivity index (χ0n) is 16.9. The van der Waals surface area contributed by atoms with Gasteiger partial charge in [0.15, 0.2) is 0 Å². The van der Waals surface area contributed by atoms with Gasteiger partial charge in [-0.25, -0.2) is 8.78 Å². The standard InChI is InChI=1S/C25H30F2O/c1-3-28-21-9-7-18-13-17(5-6-19(18)14-21)20-8-11-23(25(27)15-20)22-10-4-16(2)12-24(22)26/h4,8,10-12,15,17-19,21H,3,5-7,9,13-14H2,1-2H3. The van der Waals surface area contributed by atoms with Gasteiger partial charge in [-0.3, -0.25) is 0 Å². The molecule has 0 heterocycles. The lowest BCUT2D eigenvalue weighted by Crippen LogP contribution is -2.33. The molecule has 1 nitrogen and oxygen atoms in total. The van der Waals surface area contributed by atoms with Crippen LogP contribution in [0.5, 0.6) is 0 Å². The molecule has 2 aliphatic rings. The summed E-state index contributed by atoms with van der Waals surface area (Å²) in [6, 6.07) is 10.4. The van der Waals surface area contributed by atoms with Gasteiger partial charge in [-0.1, -0.05) is 24.3 Å². The Hall–Kier alpha value is -1.74. The van der Waals surface area contributed by atoms with Crippen LogP contribution in [0.2, 0.25) is 0 Å². The van der Waals surface area contributed by atoms with E-state index in [9.17, 15) is 8.78 Å². The highest BCUT2D eigenvalue weighted by atomic mass is 19.1. The molecule has 0 amide bonds. The van der Waals surface area contributed by atoms with Crippen LogP contribution in [0.15, 0.2) is 36.4 Å². The van der Waals surface area contributed by atoms with Crippen LogP contribution >= 0.6 is 0 Å². The number of halogens is 2. The summed E-state index contributed by atoms with van der Waals surface area (Å²) in [5.74, 6) is 1.22. The molecule has 0 aromatic heterocycles. The first-order valence-corrected chi connectivity index (χ1v) is 10.7. The van der Waals surface area contributed by atoms with Crippen LogP contribution in [0.25, 0.3) is 11.1 Å². The minimum atomic E-state index is -0.363. The van der Waals surface area contributed by atoms with Crippen molar-refractivity contribution in [2.24, 2.45) is 11.8 Å². The number of fused-ring (bicyclic) bond motifs is 1. The van der Waals surface area contributed by atoms with E-state index in [4.69, 9.17) is 4.74 Å². The molecule has 2 aromatic carbocycles. The second kappa shape index (κ2) is 8.32. The Labute approximate surface area is 167 Å². The second-order valence-electron chi connectivity index (χ2n) is 8.64. The van der Waals surface area contributed by atoms with Gasteiger partial charge in [-0.15, -0.1) is 0 Å². The van der Waals surface area contributed by atoms with Gasteiger partial charge < -0.3 is 4.74 Å². The van der Waals surface area contributed by atoms with Crippen LogP contribution in [0, 0.1) is 30.4 Å². The first-order chi connectivity index (χ1) is 13.5. The van der Waals surface area contributed by atoms with Gasteiger partial charge in [0.1, 0.15) is 11.6 Å². The minimum absolute atomic E-state index is 0.317. The Morgan fingerprint density at radius 2 is 1.54 bits per heavy atom. The smallest absolute Gasteiger partial charge is 0.131 e. The topological polar surface area (TPSA) is 9.23 Å². The third-order valence-electron chi connectivity index (χ3n) is 6.85. The molecule has 4 rings (SSSR count). The van der Waals surface area contributed by atoms with Crippen LogP contribution in [0.4, 0.5) is 8.78 Å². The quantitative estimate of drug-likeness (QED) is 0.550. The highest BCUT2D eigenvalue weighted by Gasteiger charge is 2.36. The molecule has 150 valence electrons. The number of rotatable bonds is 4. The predicted octanol–water partition coefficient (Wildman–Crippen LogP) is 7.03. The minimum Gasteiger partial charge on any atom is -0.378 e. The third-order valence-corrected chi connectivity index (χ3v) is 6.85. The lowest BCUT2D eigenvalue weighted by molar-refractivity contribution is -0.00956. The van der Waals surface area contributed by atoms with E-state index in [1.54, 1.807) is 18.2 Å². The molecule has 0 saturated heterocycles. The average Bonchev–Trinajstić information content (AvgIpc) is 2.68. The van der Waals surface area contributed by atoms with Crippen molar-refractivity contribution in [1.82, 2.24) is 0 Å². The van der Waals surface area contributed by atoms with E-state index >= 15 is 0 Å². The van der Waals surface area contributed by atoms with Gasteiger partial charge >= 0.3 is 0 Å². The summed E-state index contributed by atoms with van der Waals surface area (Å²) < 4.78 is 35.0. The van der Waals surface area contributed by atoms with Gasteiger partial charge in [0.05, 0.1) is 6.10 Å². The van der Waals surface area contributed by atoms with E-state index in [1.165, 1.54) is 25.3 Å². The van der Waals surface area contributed by atoms with Crippen molar-refractivity contribution >= 4 is 0 Å². The fourth-order valence-electron chi connectivity index (χ4n) is 5.38. The van der Waals surface area contributed by atoms with Crippen molar-refractivity contribution in [1.29, 1.82) is 0 Å². The highest BCUT2D eigenvalue weighted by molar-refractivity contribution is 5.65. The maximum Gasteiger partial charge on any atom is 0.131 e. The van der Waals surface area contributed by atoms with Gasteiger partial charge in [0.2, 0.25) is 0 Å². The molecule has 3 heteroatoms. The van der Waals surface area contributed by atoms with Crippen molar-refractivity contribution in [3.05, 3.63) is 59.2 Å². The van der Waals surface area contributed by atoms with Crippen LogP contribution in [0.3, 0.4) is 0 Å². The maximum atomic E-state index is 14.9. The predicted molar refractivity (Wildman–Crippen MR) is 109 cm³/mol. The number of hydrogen-bond acceptors (Lipinski definition) is 1. The molecule has 2 aliphatic carbocycles. The summed E-state index contributed by atoms with van der Waals surface area (Å²) in [6.45, 7) is 4.71. The average molecular weight is 385 g/mol. The monoisotopic (exact) mass is 384 g/mol. The number of ether oxygens (including phenoxy) is 1. The van der Waals surface area contributed by atoms with E-state index < -0.39 is 0 Å². The summed E-state index contributed by atoms with van der Waals surface area (Å²) >= 11 is 0. The van der Waals surface area contributed by atoms with Crippen molar-refractivity contribution < 1.29 is 13.5 Å². The lowest BCUT2D eigenvalue weighted by atomic mass is 9.65. The second-order valence-corrected chi connectivity index (χ2v) is 8.64. The van der Waals surface area contributed by atoms with Crippen LogP contribution in [-0.4, -0.2) is 12.7 Å². The Morgan fingerprint density at radius 1 is 0.857 bits per heavy atom. The van der Waals surface area contributed by atoms with Crippen molar-refractivity contribution in [2.75, 3.05) is 6.61 Å². The zero-order chi connectivity index (χ0) is 19.7. The summed E-state index contributed by atoms with van der Waals surface area (Å²) in [5, 5.41) is 0. The number of hydrogen-bond donors (Lipinski definition) is 0. The van der Waals surface area contributed by atoms with E-state index in [0.29, 0.717) is 23.1 Å². The summed E-state index contributed by atoms with van der Waals surface area (Å²) in [7, 11) is 0. The fraction of sp³-hybridized carbons (Fsp3) is 0.520. The van der Waals surface area contributed by atoms with Gasteiger partial charge in [0.25, 0.3) is 0 Å². The van der Waals surface area contributed by atoms with Crippen LogP contribution in [-0.2, 0) is 4.74 Å². The Morgan fingerprint density at radius 3 is 2.25 bits per heavy atom. The first kappa shape index (κ1) is 19.6. The molecule has 4 atom stereocenters. The van der Waals surface area contributed by atoms with Gasteiger partial charge in [0, 0.05) is 17.7 Å². The molecule has 28 heavy (non-hydrogen) atoms. The van der Waals surface area contributed by atoms with E-state index in [-0.39, 0.29) is 11.6 Å². The Kier molecular flexibility index (Phi) is 5.82. The molecule has 0 spiro atoms. The molecule has 0 N–H and O–H groups in total. The van der Waals surface area contributed by atoms with Crippen LogP contribution in [0.1, 0.15) is 62.5 Å². The van der Waals surface area contributed by atoms with E-state index in [1.807, 2.05) is 19.1 Å². The highest BCUT2D eigenvalue weighted by Crippen LogP contribution is 2.47. The van der Waals surface area contributed by atoms with E-state index in [0.717, 1.165) is 48.8 Å². The summed E-state index contributed by atoms with van der Waals surface area (Å²) in [5.41, 5.74) is 2.60. The lowest BCUT2D eigenvalue weighted by Gasteiger charge is -2.42. The van der Waals surface area contributed by atoms with Crippen molar-refractivity contribution in [3.63, 3.8) is 0 Å². The normalized spacial score (nSPS) is 27.4. The summed E-state index contributed by atoms with van der Waals surface area (Å²) in [4.78, 5) is 0. The molecule has 2 saturated carbocycles. The Balaban J connectivity index is 1.48. The fourth-order valence-corrected chi connectivity index (χ4v) is 5.38. The van der Waals surface area contributed by atoms with Crippen LogP contribution < -0.4 is 0 Å². The molecule has 2 fully saturated rings. The largest absolute Gasteiger partial charge is 0.378 e. The molecular formula is C25H30F2O. The molecule has 0 bridgehead atoms. The van der Waals surface area contributed by atoms with Crippen molar-refractivity contribution in [2.45, 2.75) is 64.4 Å².